The van der Waals surface area contributed by atoms with E-state index in [0.29, 0.717) is 5.69 Å². The molecular formula is C22H25N5OS. The number of aromatic nitrogens is 3. The van der Waals surface area contributed by atoms with Crippen LogP contribution in [0.3, 0.4) is 0 Å². The summed E-state index contributed by atoms with van der Waals surface area (Å²) in [4.78, 5) is 29.7. The highest BCUT2D eigenvalue weighted by Gasteiger charge is 2.40. The molecule has 2 aromatic heterocycles. The molecule has 1 aliphatic rings. The summed E-state index contributed by atoms with van der Waals surface area (Å²) in [7, 11) is 3.45. The van der Waals surface area contributed by atoms with Gasteiger partial charge in [0.25, 0.3) is 5.91 Å². The summed E-state index contributed by atoms with van der Waals surface area (Å²) in [5, 5.41) is 3.30. The normalized spacial score (nSPS) is 15.9. The van der Waals surface area contributed by atoms with Gasteiger partial charge in [0.2, 0.25) is 0 Å². The number of hydrogen-bond acceptors (Lipinski definition) is 6. The van der Waals surface area contributed by atoms with Gasteiger partial charge >= 0.3 is 0 Å². The van der Waals surface area contributed by atoms with E-state index in [0.717, 1.165) is 42.5 Å². The molecule has 1 aliphatic heterocycles. The van der Waals surface area contributed by atoms with Crippen molar-refractivity contribution in [2.24, 2.45) is 0 Å². The average molecular weight is 408 g/mol. The van der Waals surface area contributed by atoms with Crippen LogP contribution >= 0.6 is 11.3 Å². The molecule has 6 nitrogen and oxygen atoms in total. The van der Waals surface area contributed by atoms with Crippen LogP contribution in [0.4, 0.5) is 5.82 Å². The third-order valence-electron chi connectivity index (χ3n) is 5.62. The van der Waals surface area contributed by atoms with Gasteiger partial charge < -0.3 is 9.80 Å². The summed E-state index contributed by atoms with van der Waals surface area (Å²) in [5.74, 6) is 0.627. The monoisotopic (exact) mass is 407 g/mol. The lowest BCUT2D eigenvalue weighted by Crippen LogP contribution is -2.44. The Morgan fingerprint density at radius 3 is 2.45 bits per heavy atom. The number of carbonyl (C=O) groups excluding carboxylic acids is 1. The van der Waals surface area contributed by atoms with Gasteiger partial charge in [-0.25, -0.2) is 9.97 Å². The minimum absolute atomic E-state index is 0.0903. The fourth-order valence-corrected chi connectivity index (χ4v) is 4.70. The Kier molecular flexibility index (Phi) is 5.32. The molecular weight excluding hydrogens is 382 g/mol. The highest BCUT2D eigenvalue weighted by Crippen LogP contribution is 2.42. The summed E-state index contributed by atoms with van der Waals surface area (Å²) in [5.41, 5.74) is 2.76. The van der Waals surface area contributed by atoms with Gasteiger partial charge in [-0.3, -0.25) is 9.78 Å². The standard InChI is InChI=1S/C22H25N5OS/c1-16-24-19(15-29-16)22(17-7-5-4-6-8-17)9-11-27(12-10-22)20-14-23-13-18(25-20)21(28)26(2)3/h4-8,13-15H,9-12H2,1-3H3. The van der Waals surface area contributed by atoms with Crippen molar-refractivity contribution in [1.29, 1.82) is 0 Å². The largest absolute Gasteiger partial charge is 0.355 e. The van der Waals surface area contributed by atoms with E-state index in [1.807, 2.05) is 0 Å². The Hall–Kier alpha value is -2.80. The van der Waals surface area contributed by atoms with Gasteiger partial charge in [-0.2, -0.15) is 0 Å². The quantitative estimate of drug-likeness (QED) is 0.662. The molecule has 1 amide bonds. The number of nitrogens with zero attached hydrogens (tertiary/aromatic N) is 5. The molecule has 3 heterocycles. The van der Waals surface area contributed by atoms with Crippen molar-refractivity contribution in [1.82, 2.24) is 19.9 Å². The van der Waals surface area contributed by atoms with Gasteiger partial charge in [0.05, 0.1) is 23.1 Å². The maximum absolute atomic E-state index is 12.3. The molecule has 0 unspecified atom stereocenters. The topological polar surface area (TPSA) is 62.2 Å². The molecule has 29 heavy (non-hydrogen) atoms. The van der Waals surface area contributed by atoms with Crippen molar-refractivity contribution in [2.45, 2.75) is 25.2 Å². The van der Waals surface area contributed by atoms with Gasteiger partial charge in [-0.1, -0.05) is 30.3 Å². The summed E-state index contributed by atoms with van der Waals surface area (Å²) in [6.45, 7) is 3.73. The maximum atomic E-state index is 12.3. The number of carbonyl (C=O) groups is 1. The summed E-state index contributed by atoms with van der Waals surface area (Å²) >= 11 is 1.71. The highest BCUT2D eigenvalue weighted by atomic mass is 32.1. The predicted molar refractivity (Wildman–Crippen MR) is 116 cm³/mol. The first kappa shape index (κ1) is 19.5. The van der Waals surface area contributed by atoms with Crippen LogP contribution in [0.2, 0.25) is 0 Å². The van der Waals surface area contributed by atoms with Crippen molar-refractivity contribution >= 4 is 23.1 Å². The molecule has 0 saturated carbocycles. The van der Waals surface area contributed by atoms with E-state index in [1.165, 1.54) is 16.7 Å². The van der Waals surface area contributed by atoms with Crippen LogP contribution in [0.1, 0.15) is 39.6 Å². The van der Waals surface area contributed by atoms with Crippen LogP contribution in [0.5, 0.6) is 0 Å². The summed E-state index contributed by atoms with van der Waals surface area (Å²) < 4.78 is 0. The number of thiazole rings is 1. The SMILES string of the molecule is Cc1nc(C2(c3ccccc3)CCN(c3cncc(C(=O)N(C)C)n3)CC2)cs1. The average Bonchev–Trinajstić information content (AvgIpc) is 3.20. The lowest BCUT2D eigenvalue weighted by Gasteiger charge is -2.41. The molecule has 0 bridgehead atoms. The first-order chi connectivity index (χ1) is 14.0. The number of benzene rings is 1. The zero-order valence-electron chi connectivity index (χ0n) is 17.0. The van der Waals surface area contributed by atoms with Crippen molar-refractivity contribution in [3.05, 3.63) is 70.1 Å². The van der Waals surface area contributed by atoms with E-state index in [1.54, 1.807) is 31.6 Å². The van der Waals surface area contributed by atoms with Gasteiger partial charge in [-0.05, 0) is 25.3 Å². The van der Waals surface area contributed by atoms with Crippen molar-refractivity contribution in [3.63, 3.8) is 0 Å². The Morgan fingerprint density at radius 1 is 1.10 bits per heavy atom. The van der Waals surface area contributed by atoms with Crippen LogP contribution in [0, 0.1) is 6.92 Å². The fourth-order valence-electron chi connectivity index (χ4n) is 3.99. The molecule has 1 fully saturated rings. The number of amides is 1. The second-order valence-corrected chi connectivity index (χ2v) is 8.71. The van der Waals surface area contributed by atoms with Crippen LogP contribution < -0.4 is 4.90 Å². The second-order valence-electron chi connectivity index (χ2n) is 7.65. The zero-order valence-corrected chi connectivity index (χ0v) is 17.8. The molecule has 1 aromatic carbocycles. The predicted octanol–water partition coefficient (Wildman–Crippen LogP) is 3.53. The van der Waals surface area contributed by atoms with E-state index < -0.39 is 0 Å². The summed E-state index contributed by atoms with van der Waals surface area (Å²) in [6, 6.07) is 10.7. The molecule has 4 rings (SSSR count). The molecule has 150 valence electrons. The summed E-state index contributed by atoms with van der Waals surface area (Å²) in [6.07, 6.45) is 5.15. The Morgan fingerprint density at radius 2 is 1.83 bits per heavy atom. The number of rotatable bonds is 4. The van der Waals surface area contributed by atoms with E-state index in [9.17, 15) is 4.79 Å². The van der Waals surface area contributed by atoms with E-state index in [2.05, 4.69) is 57.5 Å². The minimum atomic E-state index is -0.132. The van der Waals surface area contributed by atoms with E-state index in [-0.39, 0.29) is 11.3 Å². The Labute approximate surface area is 175 Å². The highest BCUT2D eigenvalue weighted by molar-refractivity contribution is 7.09. The van der Waals surface area contributed by atoms with Crippen LogP contribution in [-0.4, -0.2) is 52.9 Å². The molecule has 0 aliphatic carbocycles. The maximum Gasteiger partial charge on any atom is 0.273 e. The van der Waals surface area contributed by atoms with Crippen LogP contribution in [0.15, 0.2) is 48.1 Å². The first-order valence-electron chi connectivity index (χ1n) is 9.76. The zero-order chi connectivity index (χ0) is 20.4. The van der Waals surface area contributed by atoms with Crippen molar-refractivity contribution in [3.8, 4) is 0 Å². The molecule has 0 spiro atoms. The van der Waals surface area contributed by atoms with E-state index in [4.69, 9.17) is 4.98 Å². The Balaban J connectivity index is 1.61. The van der Waals surface area contributed by atoms with Crippen LogP contribution in [0.25, 0.3) is 0 Å². The van der Waals surface area contributed by atoms with Crippen molar-refractivity contribution in [2.75, 3.05) is 32.1 Å². The third kappa shape index (κ3) is 3.74. The third-order valence-corrected chi connectivity index (χ3v) is 6.40. The lowest BCUT2D eigenvalue weighted by molar-refractivity contribution is 0.0821. The van der Waals surface area contributed by atoms with Crippen molar-refractivity contribution < 1.29 is 4.79 Å². The fraction of sp³-hybridized carbons (Fsp3) is 0.364. The molecule has 0 radical (unpaired) electrons. The molecule has 3 aromatic rings. The number of aryl methyl sites for hydroxylation is 1. The smallest absolute Gasteiger partial charge is 0.273 e. The first-order valence-corrected chi connectivity index (χ1v) is 10.6. The molecule has 0 N–H and O–H groups in total. The Bertz CT molecular complexity index is 993. The van der Waals surface area contributed by atoms with Gasteiger partial charge in [0.1, 0.15) is 11.5 Å². The second kappa shape index (κ2) is 7.91. The molecule has 1 saturated heterocycles. The number of hydrogen-bond donors (Lipinski definition) is 0. The van der Waals surface area contributed by atoms with E-state index >= 15 is 0 Å². The van der Waals surface area contributed by atoms with Gasteiger partial charge in [0, 0.05) is 38.0 Å². The number of piperidine rings is 1. The lowest BCUT2D eigenvalue weighted by atomic mass is 9.70. The molecule has 7 heteroatoms. The van der Waals surface area contributed by atoms with Crippen LogP contribution in [-0.2, 0) is 5.41 Å². The minimum Gasteiger partial charge on any atom is -0.355 e. The molecule has 0 atom stereocenters. The number of anilines is 1. The van der Waals surface area contributed by atoms with Gasteiger partial charge in [0.15, 0.2) is 0 Å². The van der Waals surface area contributed by atoms with Gasteiger partial charge in [-0.15, -0.1) is 11.3 Å².